The number of likely N-dealkylation sites (tertiary alicyclic amines) is 1. The summed E-state index contributed by atoms with van der Waals surface area (Å²) in [6, 6.07) is 1.95. The van der Waals surface area contributed by atoms with Crippen LogP contribution in [0.25, 0.3) is 0 Å². The number of rotatable bonds is 7. The molecule has 1 atom stereocenters. The molecule has 1 amide bonds. The van der Waals surface area contributed by atoms with E-state index in [0.717, 1.165) is 37.7 Å². The first kappa shape index (κ1) is 16.3. The van der Waals surface area contributed by atoms with Crippen molar-refractivity contribution in [1.29, 1.82) is 0 Å². The molecule has 2 aromatic rings. The van der Waals surface area contributed by atoms with Crippen LogP contribution >= 0.6 is 0 Å². The van der Waals surface area contributed by atoms with Gasteiger partial charge in [0.05, 0.1) is 18.8 Å². The van der Waals surface area contributed by atoms with Gasteiger partial charge in [-0.05, 0) is 38.2 Å². The molecule has 8 nitrogen and oxygen atoms in total. The first-order valence-electron chi connectivity index (χ1n) is 9.04. The highest BCUT2D eigenvalue weighted by Gasteiger charge is 2.30. The highest BCUT2D eigenvalue weighted by molar-refractivity contribution is 5.92. The van der Waals surface area contributed by atoms with Crippen LogP contribution in [0.2, 0.25) is 0 Å². The lowest BCUT2D eigenvalue weighted by atomic mass is 10.3. The molecule has 0 bridgehead atoms. The summed E-state index contributed by atoms with van der Waals surface area (Å²) in [5.74, 6) is 0.739. The fraction of sp³-hybridized carbons (Fsp3) is 0.647. The standard InChI is InChI=1S/C17H24N6O2/c1-2-22-8-6-16(19-22)17(24)21-7-5-15(10-21)23-9-14(18-20-23)12-25-11-13-3-4-13/h6,8-9,13,15H,2-5,7,10-12H2,1H3. The van der Waals surface area contributed by atoms with Gasteiger partial charge in [0.15, 0.2) is 0 Å². The van der Waals surface area contributed by atoms with E-state index in [1.54, 1.807) is 10.7 Å². The predicted molar refractivity (Wildman–Crippen MR) is 89.9 cm³/mol. The first-order chi connectivity index (χ1) is 12.2. The molecule has 25 heavy (non-hydrogen) atoms. The van der Waals surface area contributed by atoms with E-state index in [4.69, 9.17) is 4.74 Å². The smallest absolute Gasteiger partial charge is 0.274 e. The van der Waals surface area contributed by atoms with Crippen LogP contribution in [0.3, 0.4) is 0 Å². The highest BCUT2D eigenvalue weighted by Crippen LogP contribution is 2.29. The Morgan fingerprint density at radius 2 is 2.24 bits per heavy atom. The molecule has 2 aliphatic rings. The number of amides is 1. The Bertz CT molecular complexity index is 735. The van der Waals surface area contributed by atoms with E-state index in [-0.39, 0.29) is 11.9 Å². The lowest BCUT2D eigenvalue weighted by Gasteiger charge is -2.15. The number of carbonyl (C=O) groups excluding carboxylic acids is 1. The van der Waals surface area contributed by atoms with Crippen molar-refractivity contribution in [2.24, 2.45) is 5.92 Å². The van der Waals surface area contributed by atoms with Crippen molar-refractivity contribution < 1.29 is 9.53 Å². The zero-order valence-corrected chi connectivity index (χ0v) is 14.5. The third-order valence-electron chi connectivity index (χ3n) is 4.87. The molecule has 8 heteroatoms. The summed E-state index contributed by atoms with van der Waals surface area (Å²) in [4.78, 5) is 14.4. The zero-order valence-electron chi connectivity index (χ0n) is 14.5. The average molecular weight is 344 g/mol. The molecule has 1 aliphatic heterocycles. The molecule has 134 valence electrons. The predicted octanol–water partition coefficient (Wildman–Crippen LogP) is 1.51. The van der Waals surface area contributed by atoms with Crippen LogP contribution in [0.15, 0.2) is 18.5 Å². The van der Waals surface area contributed by atoms with Crippen LogP contribution < -0.4 is 0 Å². The van der Waals surface area contributed by atoms with Crippen molar-refractivity contribution >= 4 is 5.91 Å². The minimum Gasteiger partial charge on any atom is -0.375 e. The fourth-order valence-corrected chi connectivity index (χ4v) is 3.13. The van der Waals surface area contributed by atoms with Crippen LogP contribution in [-0.2, 0) is 17.9 Å². The topological polar surface area (TPSA) is 78.1 Å². The number of aromatic nitrogens is 5. The molecular formula is C17H24N6O2. The van der Waals surface area contributed by atoms with Gasteiger partial charge in [-0.15, -0.1) is 5.10 Å². The van der Waals surface area contributed by atoms with E-state index < -0.39 is 0 Å². The lowest BCUT2D eigenvalue weighted by Crippen LogP contribution is -2.29. The van der Waals surface area contributed by atoms with E-state index in [1.807, 2.05) is 28.9 Å². The quantitative estimate of drug-likeness (QED) is 0.761. The minimum absolute atomic E-state index is 0.0113. The second-order valence-corrected chi connectivity index (χ2v) is 6.90. The Kier molecular flexibility index (Phi) is 4.52. The van der Waals surface area contributed by atoms with E-state index in [2.05, 4.69) is 15.4 Å². The van der Waals surface area contributed by atoms with Crippen molar-refractivity contribution in [3.8, 4) is 0 Å². The Balaban J connectivity index is 1.32. The summed E-state index contributed by atoms with van der Waals surface area (Å²) < 4.78 is 9.30. The van der Waals surface area contributed by atoms with Crippen molar-refractivity contribution in [2.75, 3.05) is 19.7 Å². The molecule has 4 rings (SSSR count). The Labute approximate surface area is 146 Å². The van der Waals surface area contributed by atoms with Gasteiger partial charge in [0.1, 0.15) is 11.4 Å². The SMILES string of the molecule is CCn1ccc(C(=O)N2CCC(n3cc(COCC4CC4)nn3)C2)n1. The molecule has 0 N–H and O–H groups in total. The van der Waals surface area contributed by atoms with Gasteiger partial charge in [0, 0.05) is 32.4 Å². The second kappa shape index (κ2) is 6.95. The number of nitrogens with zero attached hydrogens (tertiary/aromatic N) is 6. The largest absolute Gasteiger partial charge is 0.375 e. The zero-order chi connectivity index (χ0) is 17.2. The molecule has 3 heterocycles. The van der Waals surface area contributed by atoms with Gasteiger partial charge in [-0.3, -0.25) is 9.48 Å². The van der Waals surface area contributed by atoms with E-state index in [0.29, 0.717) is 18.8 Å². The number of hydrogen-bond donors (Lipinski definition) is 0. The van der Waals surface area contributed by atoms with Gasteiger partial charge in [0.25, 0.3) is 5.91 Å². The lowest BCUT2D eigenvalue weighted by molar-refractivity contribution is 0.0780. The van der Waals surface area contributed by atoms with E-state index in [1.165, 1.54) is 12.8 Å². The second-order valence-electron chi connectivity index (χ2n) is 6.90. The molecule has 1 unspecified atom stereocenters. The summed E-state index contributed by atoms with van der Waals surface area (Å²) in [5, 5.41) is 12.7. The minimum atomic E-state index is -0.0113. The maximum atomic E-state index is 12.6. The normalized spacial score (nSPS) is 20.4. The maximum Gasteiger partial charge on any atom is 0.274 e. The maximum absolute atomic E-state index is 12.6. The number of ether oxygens (including phenoxy) is 1. The summed E-state index contributed by atoms with van der Waals surface area (Å²) in [6.45, 7) is 5.47. The first-order valence-corrected chi connectivity index (χ1v) is 9.04. The molecule has 2 aromatic heterocycles. The van der Waals surface area contributed by atoms with Crippen LogP contribution in [0.5, 0.6) is 0 Å². The number of carbonyl (C=O) groups is 1. The van der Waals surface area contributed by atoms with E-state index >= 15 is 0 Å². The van der Waals surface area contributed by atoms with Gasteiger partial charge >= 0.3 is 0 Å². The Morgan fingerprint density at radius 3 is 3.00 bits per heavy atom. The van der Waals surface area contributed by atoms with Gasteiger partial charge in [-0.2, -0.15) is 5.10 Å². The Morgan fingerprint density at radius 1 is 1.36 bits per heavy atom. The molecule has 1 saturated heterocycles. The third-order valence-corrected chi connectivity index (χ3v) is 4.87. The average Bonchev–Trinajstić information content (AvgIpc) is 3.07. The monoisotopic (exact) mass is 344 g/mol. The van der Waals surface area contributed by atoms with Gasteiger partial charge < -0.3 is 9.64 Å². The summed E-state index contributed by atoms with van der Waals surface area (Å²) >= 11 is 0. The molecule has 0 spiro atoms. The van der Waals surface area contributed by atoms with Gasteiger partial charge in [-0.1, -0.05) is 5.21 Å². The molecule has 2 fully saturated rings. The van der Waals surface area contributed by atoms with Gasteiger partial charge in [0.2, 0.25) is 0 Å². The molecule has 1 saturated carbocycles. The van der Waals surface area contributed by atoms with Crippen LogP contribution in [0, 0.1) is 5.92 Å². The van der Waals surface area contributed by atoms with Crippen LogP contribution in [0.4, 0.5) is 0 Å². The third kappa shape index (κ3) is 3.73. The number of hydrogen-bond acceptors (Lipinski definition) is 5. The summed E-state index contributed by atoms with van der Waals surface area (Å²) in [6.07, 6.45) is 7.24. The fourth-order valence-electron chi connectivity index (χ4n) is 3.13. The summed E-state index contributed by atoms with van der Waals surface area (Å²) in [5.41, 5.74) is 1.36. The van der Waals surface area contributed by atoms with E-state index in [9.17, 15) is 4.79 Å². The van der Waals surface area contributed by atoms with Crippen molar-refractivity contribution in [1.82, 2.24) is 29.7 Å². The van der Waals surface area contributed by atoms with Crippen LogP contribution in [-0.4, -0.2) is 55.3 Å². The van der Waals surface area contributed by atoms with Crippen molar-refractivity contribution in [3.05, 3.63) is 29.8 Å². The Hall–Kier alpha value is -2.22. The number of aryl methyl sites for hydroxylation is 1. The molecule has 0 radical (unpaired) electrons. The molecule has 0 aromatic carbocycles. The highest BCUT2D eigenvalue weighted by atomic mass is 16.5. The van der Waals surface area contributed by atoms with Crippen molar-refractivity contribution in [2.45, 2.75) is 45.4 Å². The van der Waals surface area contributed by atoms with Crippen molar-refractivity contribution in [3.63, 3.8) is 0 Å². The summed E-state index contributed by atoms with van der Waals surface area (Å²) in [7, 11) is 0. The molecule has 1 aliphatic carbocycles. The van der Waals surface area contributed by atoms with Gasteiger partial charge in [-0.25, -0.2) is 4.68 Å². The van der Waals surface area contributed by atoms with Crippen LogP contribution in [0.1, 0.15) is 48.4 Å². The molecular weight excluding hydrogens is 320 g/mol.